The third-order valence-electron chi connectivity index (χ3n) is 11.8. The van der Waals surface area contributed by atoms with Gasteiger partial charge < -0.3 is 19.8 Å². The van der Waals surface area contributed by atoms with Crippen LogP contribution in [0, 0.1) is 0 Å². The molecule has 0 bridgehead atoms. The van der Waals surface area contributed by atoms with E-state index >= 15 is 0 Å². The molecule has 0 aromatic carbocycles. The van der Waals surface area contributed by atoms with E-state index in [2.05, 4.69) is 67.8 Å². The Hall–Kier alpha value is -1.54. The van der Waals surface area contributed by atoms with Crippen LogP contribution in [-0.2, 0) is 18.4 Å². The Bertz CT molecular complexity index is 1170. The molecular weight excluding hydrogens is 804 g/mol. The van der Waals surface area contributed by atoms with Crippen molar-refractivity contribution < 1.29 is 32.9 Å². The van der Waals surface area contributed by atoms with Gasteiger partial charge in [0.2, 0.25) is 5.91 Å². The largest absolute Gasteiger partial charge is 0.472 e. The number of aliphatic hydroxyl groups is 1. The Morgan fingerprint density at radius 2 is 0.952 bits per heavy atom. The van der Waals surface area contributed by atoms with E-state index in [1.165, 1.54) is 148 Å². The number of likely N-dealkylation sites (N-methyl/N-ethyl adjacent to an activating group) is 1. The highest BCUT2D eigenvalue weighted by Gasteiger charge is 2.28. The van der Waals surface area contributed by atoms with Crippen molar-refractivity contribution in [2.24, 2.45) is 0 Å². The summed E-state index contributed by atoms with van der Waals surface area (Å²) in [5.74, 6) is -0.148. The standard InChI is InChI=1S/C54H103N2O6P/c1-6-8-10-12-14-15-16-17-18-19-20-21-22-23-24-25-26-27-28-29-30-31-32-33-34-35-36-37-38-39-40-41-42-44-46-48-54(58)55-52(53(57)47-45-43-13-11-9-7-2)51-62-63(59,60)61-50-49-56(3,4)5/h8,10,14-15,17-18,20-21,52-53,57H,6-7,9,11-13,16,19,22-51H2,1-5H3,(H-,55,58,59,60)/p+1/b10-8-,15-14-,18-17-,21-20-. The first kappa shape index (κ1) is 61.5. The van der Waals surface area contributed by atoms with Gasteiger partial charge in [-0.1, -0.05) is 229 Å². The zero-order chi connectivity index (χ0) is 46.4. The van der Waals surface area contributed by atoms with Gasteiger partial charge in [-0.3, -0.25) is 13.8 Å². The van der Waals surface area contributed by atoms with E-state index in [0.717, 1.165) is 64.2 Å². The number of allylic oxidation sites excluding steroid dienone is 8. The Labute approximate surface area is 390 Å². The van der Waals surface area contributed by atoms with Gasteiger partial charge in [-0.2, -0.15) is 0 Å². The van der Waals surface area contributed by atoms with Crippen molar-refractivity contribution in [3.8, 4) is 0 Å². The second-order valence-corrected chi connectivity index (χ2v) is 20.7. The number of rotatable bonds is 48. The van der Waals surface area contributed by atoms with E-state index in [-0.39, 0.29) is 19.1 Å². The first-order chi connectivity index (χ1) is 30.5. The highest BCUT2D eigenvalue weighted by atomic mass is 31.2. The van der Waals surface area contributed by atoms with Crippen LogP contribution < -0.4 is 5.32 Å². The maximum Gasteiger partial charge on any atom is 0.472 e. The van der Waals surface area contributed by atoms with Crippen molar-refractivity contribution in [1.29, 1.82) is 0 Å². The van der Waals surface area contributed by atoms with Gasteiger partial charge in [-0.05, 0) is 51.4 Å². The van der Waals surface area contributed by atoms with E-state index in [4.69, 9.17) is 9.05 Å². The summed E-state index contributed by atoms with van der Waals surface area (Å²) in [6.07, 6.45) is 59.3. The molecule has 0 aromatic rings. The zero-order valence-electron chi connectivity index (χ0n) is 42.1. The first-order valence-corrected chi connectivity index (χ1v) is 28.0. The molecule has 0 aromatic heterocycles. The summed E-state index contributed by atoms with van der Waals surface area (Å²) in [6.45, 7) is 4.72. The van der Waals surface area contributed by atoms with Crippen LogP contribution in [0.5, 0.6) is 0 Å². The van der Waals surface area contributed by atoms with Crippen molar-refractivity contribution in [1.82, 2.24) is 5.32 Å². The average molecular weight is 908 g/mol. The molecule has 63 heavy (non-hydrogen) atoms. The number of hydrogen-bond acceptors (Lipinski definition) is 5. The lowest BCUT2D eigenvalue weighted by Crippen LogP contribution is -2.46. The monoisotopic (exact) mass is 908 g/mol. The number of unbranched alkanes of at least 4 members (excludes halogenated alkanes) is 27. The van der Waals surface area contributed by atoms with Crippen LogP contribution in [-0.4, -0.2) is 73.4 Å². The Morgan fingerprint density at radius 1 is 0.556 bits per heavy atom. The van der Waals surface area contributed by atoms with E-state index in [1.807, 2.05) is 21.1 Å². The summed E-state index contributed by atoms with van der Waals surface area (Å²) in [7, 11) is 1.62. The van der Waals surface area contributed by atoms with Gasteiger partial charge >= 0.3 is 7.82 Å². The molecule has 0 spiro atoms. The molecule has 3 N–H and O–H groups in total. The molecule has 0 aliphatic heterocycles. The quantitative estimate of drug-likeness (QED) is 0.0243. The number of amides is 1. The fourth-order valence-corrected chi connectivity index (χ4v) is 8.42. The molecule has 8 nitrogen and oxygen atoms in total. The van der Waals surface area contributed by atoms with E-state index in [1.54, 1.807) is 0 Å². The van der Waals surface area contributed by atoms with E-state index in [0.29, 0.717) is 23.9 Å². The van der Waals surface area contributed by atoms with Crippen molar-refractivity contribution in [2.45, 2.75) is 251 Å². The number of nitrogens with zero attached hydrogens (tertiary/aromatic N) is 1. The normalized spacial score (nSPS) is 14.5. The summed E-state index contributed by atoms with van der Waals surface area (Å²) >= 11 is 0. The van der Waals surface area contributed by atoms with Gasteiger partial charge in [0.1, 0.15) is 13.2 Å². The maximum absolute atomic E-state index is 12.8. The predicted molar refractivity (Wildman–Crippen MR) is 272 cm³/mol. The lowest BCUT2D eigenvalue weighted by Gasteiger charge is -2.26. The average Bonchev–Trinajstić information content (AvgIpc) is 3.24. The number of carbonyl (C=O) groups is 1. The number of aliphatic hydroxyl groups excluding tert-OH is 1. The molecule has 0 radical (unpaired) electrons. The highest BCUT2D eigenvalue weighted by Crippen LogP contribution is 2.43. The third kappa shape index (κ3) is 48.2. The number of hydrogen-bond donors (Lipinski definition) is 3. The fourth-order valence-electron chi connectivity index (χ4n) is 7.69. The molecular formula is C54H104N2O6P+. The minimum atomic E-state index is -4.30. The Balaban J connectivity index is 3.78. The van der Waals surface area contributed by atoms with Crippen LogP contribution in [0.15, 0.2) is 48.6 Å². The summed E-state index contributed by atoms with van der Waals surface area (Å²) in [4.78, 5) is 23.1. The maximum atomic E-state index is 12.8. The molecule has 370 valence electrons. The lowest BCUT2D eigenvalue weighted by atomic mass is 10.0. The minimum absolute atomic E-state index is 0.0749. The molecule has 0 rings (SSSR count). The van der Waals surface area contributed by atoms with Gasteiger partial charge in [0.25, 0.3) is 0 Å². The van der Waals surface area contributed by atoms with Gasteiger partial charge in [0, 0.05) is 6.42 Å². The number of carbonyl (C=O) groups excluding carboxylic acids is 1. The van der Waals surface area contributed by atoms with Crippen LogP contribution in [0.1, 0.15) is 239 Å². The molecule has 3 unspecified atom stereocenters. The van der Waals surface area contributed by atoms with Gasteiger partial charge in [0.15, 0.2) is 0 Å². The lowest BCUT2D eigenvalue weighted by molar-refractivity contribution is -0.870. The molecule has 0 heterocycles. The van der Waals surface area contributed by atoms with Crippen molar-refractivity contribution in [3.05, 3.63) is 48.6 Å². The molecule has 3 atom stereocenters. The van der Waals surface area contributed by atoms with Crippen LogP contribution in [0.4, 0.5) is 0 Å². The first-order valence-electron chi connectivity index (χ1n) is 26.5. The summed E-state index contributed by atoms with van der Waals surface area (Å²) < 4.78 is 23.5. The van der Waals surface area contributed by atoms with Crippen LogP contribution in [0.2, 0.25) is 0 Å². The van der Waals surface area contributed by atoms with Gasteiger partial charge in [-0.15, -0.1) is 0 Å². The molecule has 0 saturated carbocycles. The molecule has 0 aliphatic carbocycles. The SMILES string of the molecule is CC/C=C\C/C=C\C/C=C\C/C=C\CCCCCCCCCCCCCCCCCCCCCCCCC(=O)NC(COP(=O)(O)OCC[N+](C)(C)C)C(O)CCCCCCCC. The zero-order valence-corrected chi connectivity index (χ0v) is 43.0. The number of phosphoric acid groups is 1. The Morgan fingerprint density at radius 3 is 1.40 bits per heavy atom. The van der Waals surface area contributed by atoms with Gasteiger partial charge in [-0.25, -0.2) is 4.57 Å². The Kier molecular flexibility index (Phi) is 44.5. The molecule has 0 saturated heterocycles. The number of quaternary nitrogens is 1. The minimum Gasteiger partial charge on any atom is -0.391 e. The third-order valence-corrected chi connectivity index (χ3v) is 12.8. The van der Waals surface area contributed by atoms with Crippen molar-refractivity contribution >= 4 is 13.7 Å². The second kappa shape index (κ2) is 45.6. The van der Waals surface area contributed by atoms with Crippen LogP contribution in [0.25, 0.3) is 0 Å². The molecule has 1 amide bonds. The number of nitrogens with one attached hydrogen (secondary N) is 1. The van der Waals surface area contributed by atoms with Crippen molar-refractivity contribution in [2.75, 3.05) is 40.9 Å². The van der Waals surface area contributed by atoms with Crippen molar-refractivity contribution in [3.63, 3.8) is 0 Å². The predicted octanol–water partition coefficient (Wildman–Crippen LogP) is 15.6. The van der Waals surface area contributed by atoms with Gasteiger partial charge in [0.05, 0.1) is 39.9 Å². The van der Waals surface area contributed by atoms with E-state index in [9.17, 15) is 19.4 Å². The summed E-state index contributed by atoms with van der Waals surface area (Å²) in [6, 6.07) is -0.755. The number of phosphoric ester groups is 1. The topological polar surface area (TPSA) is 105 Å². The highest BCUT2D eigenvalue weighted by molar-refractivity contribution is 7.47. The smallest absolute Gasteiger partial charge is 0.391 e. The van der Waals surface area contributed by atoms with Crippen LogP contribution in [0.3, 0.4) is 0 Å². The summed E-state index contributed by atoms with van der Waals surface area (Å²) in [5, 5.41) is 13.8. The van der Waals surface area contributed by atoms with E-state index < -0.39 is 20.0 Å². The fraction of sp³-hybridized carbons (Fsp3) is 0.833. The molecule has 9 heteroatoms. The molecule has 0 fully saturated rings. The second-order valence-electron chi connectivity index (χ2n) is 19.2. The summed E-state index contributed by atoms with van der Waals surface area (Å²) in [5.41, 5.74) is 0. The molecule has 0 aliphatic rings. The van der Waals surface area contributed by atoms with Crippen LogP contribution >= 0.6 is 7.82 Å².